The van der Waals surface area contributed by atoms with Crippen LogP contribution in [-0.4, -0.2) is 53.8 Å². The van der Waals surface area contributed by atoms with Crippen molar-refractivity contribution in [3.8, 4) is 0 Å². The first-order chi connectivity index (χ1) is 11.0. The van der Waals surface area contributed by atoms with Crippen LogP contribution in [0.5, 0.6) is 0 Å². The monoisotopic (exact) mass is 337 g/mol. The summed E-state index contributed by atoms with van der Waals surface area (Å²) in [6, 6.07) is 6.89. The van der Waals surface area contributed by atoms with E-state index in [1.165, 1.54) is 0 Å². The van der Waals surface area contributed by atoms with Crippen molar-refractivity contribution in [2.45, 2.75) is 32.7 Å². The molecule has 1 aromatic carbocycles. The Labute approximate surface area is 142 Å². The molecule has 23 heavy (non-hydrogen) atoms. The molecule has 1 unspecified atom stereocenters. The SMILES string of the molecule is CCC(=O)N1CCCN(C(C)C(=O)Nc2cccc(Cl)c2)CC1. The van der Waals surface area contributed by atoms with Gasteiger partial charge in [-0.2, -0.15) is 0 Å². The van der Waals surface area contributed by atoms with E-state index < -0.39 is 0 Å². The molecule has 1 atom stereocenters. The number of carbonyl (C=O) groups excluding carboxylic acids is 2. The number of hydrogen-bond acceptors (Lipinski definition) is 3. The summed E-state index contributed by atoms with van der Waals surface area (Å²) in [6.07, 6.45) is 1.42. The molecule has 5 nitrogen and oxygen atoms in total. The lowest BCUT2D eigenvalue weighted by atomic mass is 10.2. The van der Waals surface area contributed by atoms with Crippen molar-refractivity contribution < 1.29 is 9.59 Å². The molecule has 0 saturated carbocycles. The first-order valence-corrected chi connectivity index (χ1v) is 8.47. The zero-order valence-corrected chi connectivity index (χ0v) is 14.5. The van der Waals surface area contributed by atoms with Crippen LogP contribution >= 0.6 is 11.6 Å². The van der Waals surface area contributed by atoms with Crippen LogP contribution in [0.2, 0.25) is 5.02 Å². The van der Waals surface area contributed by atoms with Crippen LogP contribution in [0.1, 0.15) is 26.7 Å². The minimum Gasteiger partial charge on any atom is -0.341 e. The fraction of sp³-hybridized carbons (Fsp3) is 0.529. The van der Waals surface area contributed by atoms with Crippen LogP contribution in [0, 0.1) is 0 Å². The van der Waals surface area contributed by atoms with Crippen molar-refractivity contribution in [1.29, 1.82) is 0 Å². The Bertz CT molecular complexity index is 565. The Hall–Kier alpha value is -1.59. The van der Waals surface area contributed by atoms with Crippen molar-refractivity contribution in [3.63, 3.8) is 0 Å². The van der Waals surface area contributed by atoms with E-state index in [2.05, 4.69) is 10.2 Å². The average molecular weight is 338 g/mol. The summed E-state index contributed by atoms with van der Waals surface area (Å²) < 4.78 is 0. The van der Waals surface area contributed by atoms with Crippen LogP contribution < -0.4 is 5.32 Å². The number of nitrogens with one attached hydrogen (secondary N) is 1. The minimum absolute atomic E-state index is 0.0532. The predicted molar refractivity (Wildman–Crippen MR) is 92.6 cm³/mol. The Morgan fingerprint density at radius 2 is 2.04 bits per heavy atom. The molecule has 126 valence electrons. The number of amides is 2. The fourth-order valence-corrected chi connectivity index (χ4v) is 2.97. The van der Waals surface area contributed by atoms with E-state index in [9.17, 15) is 9.59 Å². The second-order valence-corrected chi connectivity index (χ2v) is 6.24. The highest BCUT2D eigenvalue weighted by Crippen LogP contribution is 2.16. The highest BCUT2D eigenvalue weighted by Gasteiger charge is 2.25. The van der Waals surface area contributed by atoms with Crippen molar-refractivity contribution in [2.24, 2.45) is 0 Å². The third-order valence-electron chi connectivity index (χ3n) is 4.20. The maximum Gasteiger partial charge on any atom is 0.241 e. The third kappa shape index (κ3) is 4.94. The molecule has 0 radical (unpaired) electrons. The molecule has 1 aliphatic heterocycles. The maximum atomic E-state index is 12.4. The van der Waals surface area contributed by atoms with E-state index in [0.29, 0.717) is 23.7 Å². The van der Waals surface area contributed by atoms with Gasteiger partial charge in [0.15, 0.2) is 0 Å². The van der Waals surface area contributed by atoms with E-state index in [1.54, 1.807) is 12.1 Å². The smallest absolute Gasteiger partial charge is 0.241 e. The highest BCUT2D eigenvalue weighted by atomic mass is 35.5. The Morgan fingerprint density at radius 3 is 2.74 bits per heavy atom. The minimum atomic E-state index is -0.245. The van der Waals surface area contributed by atoms with E-state index in [4.69, 9.17) is 11.6 Å². The molecule has 0 aromatic heterocycles. The van der Waals surface area contributed by atoms with Crippen LogP contribution in [0.25, 0.3) is 0 Å². The van der Waals surface area contributed by atoms with Gasteiger partial charge in [0.2, 0.25) is 11.8 Å². The molecule has 0 bridgehead atoms. The lowest BCUT2D eigenvalue weighted by molar-refractivity contribution is -0.130. The molecular formula is C17H24ClN3O2. The van der Waals surface area contributed by atoms with E-state index in [-0.39, 0.29) is 17.9 Å². The lowest BCUT2D eigenvalue weighted by Gasteiger charge is -2.27. The van der Waals surface area contributed by atoms with Crippen LogP contribution in [0.15, 0.2) is 24.3 Å². The summed E-state index contributed by atoms with van der Waals surface area (Å²) in [5.41, 5.74) is 0.701. The van der Waals surface area contributed by atoms with Gasteiger partial charge in [-0.05, 0) is 31.5 Å². The van der Waals surface area contributed by atoms with E-state index >= 15 is 0 Å². The summed E-state index contributed by atoms with van der Waals surface area (Å²) >= 11 is 5.94. The topological polar surface area (TPSA) is 52.7 Å². The molecule has 2 rings (SSSR count). The van der Waals surface area contributed by atoms with Gasteiger partial charge in [0.25, 0.3) is 0 Å². The molecule has 0 spiro atoms. The average Bonchev–Trinajstić information content (AvgIpc) is 2.79. The van der Waals surface area contributed by atoms with Gasteiger partial charge in [0.05, 0.1) is 6.04 Å². The number of anilines is 1. The quantitative estimate of drug-likeness (QED) is 0.918. The Balaban J connectivity index is 1.93. The first-order valence-electron chi connectivity index (χ1n) is 8.09. The normalized spacial score (nSPS) is 17.4. The molecule has 1 heterocycles. The molecule has 1 fully saturated rings. The van der Waals surface area contributed by atoms with Gasteiger partial charge >= 0.3 is 0 Å². The maximum absolute atomic E-state index is 12.4. The highest BCUT2D eigenvalue weighted by molar-refractivity contribution is 6.30. The molecule has 1 aliphatic rings. The van der Waals surface area contributed by atoms with Gasteiger partial charge < -0.3 is 10.2 Å². The van der Waals surface area contributed by atoms with Gasteiger partial charge in [0.1, 0.15) is 0 Å². The zero-order valence-electron chi connectivity index (χ0n) is 13.7. The number of carbonyl (C=O) groups is 2. The standard InChI is InChI=1S/C17H24ClN3O2/c1-3-16(22)21-9-5-8-20(10-11-21)13(2)17(23)19-15-7-4-6-14(18)12-15/h4,6-7,12-13H,3,5,8-11H2,1-2H3,(H,19,23). The summed E-state index contributed by atoms with van der Waals surface area (Å²) in [4.78, 5) is 28.3. The molecule has 6 heteroatoms. The van der Waals surface area contributed by atoms with E-state index in [0.717, 1.165) is 26.1 Å². The summed E-state index contributed by atoms with van der Waals surface area (Å²) in [7, 11) is 0. The van der Waals surface area contributed by atoms with Gasteiger partial charge in [-0.1, -0.05) is 24.6 Å². The lowest BCUT2D eigenvalue weighted by Crippen LogP contribution is -2.44. The summed E-state index contributed by atoms with van der Waals surface area (Å²) in [5, 5.41) is 3.50. The molecular weight excluding hydrogens is 314 g/mol. The number of halogens is 1. The Morgan fingerprint density at radius 1 is 1.26 bits per heavy atom. The Kier molecular flexibility index (Phi) is 6.42. The number of rotatable bonds is 4. The third-order valence-corrected chi connectivity index (χ3v) is 4.44. The van der Waals surface area contributed by atoms with Gasteiger partial charge in [-0.15, -0.1) is 0 Å². The zero-order chi connectivity index (χ0) is 16.8. The first kappa shape index (κ1) is 17.8. The molecule has 1 saturated heterocycles. The second kappa shape index (κ2) is 8.31. The second-order valence-electron chi connectivity index (χ2n) is 5.80. The van der Waals surface area contributed by atoms with Crippen molar-refractivity contribution in [1.82, 2.24) is 9.80 Å². The fourth-order valence-electron chi connectivity index (χ4n) is 2.78. The van der Waals surface area contributed by atoms with Crippen molar-refractivity contribution in [2.75, 3.05) is 31.5 Å². The molecule has 2 amide bonds. The summed E-state index contributed by atoms with van der Waals surface area (Å²) in [6.45, 7) is 6.77. The number of nitrogens with zero attached hydrogens (tertiary/aromatic N) is 2. The molecule has 1 aromatic rings. The van der Waals surface area contributed by atoms with Gasteiger partial charge in [0, 0.05) is 43.3 Å². The largest absolute Gasteiger partial charge is 0.341 e. The molecule has 1 N–H and O–H groups in total. The number of hydrogen-bond donors (Lipinski definition) is 1. The van der Waals surface area contributed by atoms with Crippen LogP contribution in [-0.2, 0) is 9.59 Å². The summed E-state index contributed by atoms with van der Waals surface area (Å²) in [5.74, 6) is 0.130. The molecule has 0 aliphatic carbocycles. The van der Waals surface area contributed by atoms with Gasteiger partial charge in [-0.25, -0.2) is 0 Å². The van der Waals surface area contributed by atoms with E-state index in [1.807, 2.05) is 30.9 Å². The van der Waals surface area contributed by atoms with Crippen molar-refractivity contribution >= 4 is 29.1 Å². The van der Waals surface area contributed by atoms with Crippen molar-refractivity contribution in [3.05, 3.63) is 29.3 Å². The van der Waals surface area contributed by atoms with Crippen LogP contribution in [0.3, 0.4) is 0 Å². The van der Waals surface area contributed by atoms with Gasteiger partial charge in [-0.3, -0.25) is 14.5 Å². The predicted octanol–water partition coefficient (Wildman–Crippen LogP) is 2.61. The number of benzene rings is 1. The van der Waals surface area contributed by atoms with Crippen LogP contribution in [0.4, 0.5) is 5.69 Å².